The van der Waals surface area contributed by atoms with Crippen molar-refractivity contribution in [1.82, 2.24) is 29.3 Å². The SMILES string of the molecule is CCN(CC)Cc1cccc(OC(=O)[C@H](Cc2ccc(-n3c(=O)c4ccncc4n(C)c3=O)c3ncccc23)NC(=O)c2c(C)cc(N3CCOC[C@@H]3C(F)(F)F)cc2C)c1. The zero-order chi connectivity index (χ0) is 43.6. The summed E-state index contributed by atoms with van der Waals surface area (Å²) in [5.74, 6) is -1.12. The highest BCUT2D eigenvalue weighted by Crippen LogP contribution is 2.33. The van der Waals surface area contributed by atoms with Gasteiger partial charge in [0.1, 0.15) is 17.8 Å². The van der Waals surface area contributed by atoms with Gasteiger partial charge in [-0.1, -0.05) is 38.1 Å². The molecule has 2 atom stereocenters. The molecule has 0 saturated carbocycles. The van der Waals surface area contributed by atoms with Crippen molar-refractivity contribution < 1.29 is 32.2 Å². The molecule has 1 N–H and O–H groups in total. The number of alkyl halides is 3. The number of anilines is 1. The highest BCUT2D eigenvalue weighted by atomic mass is 19.4. The number of carbonyl (C=O) groups is 2. The number of morpholine rings is 1. The number of nitrogens with zero attached hydrogens (tertiary/aromatic N) is 6. The molecule has 0 aliphatic carbocycles. The van der Waals surface area contributed by atoms with E-state index >= 15 is 0 Å². The van der Waals surface area contributed by atoms with Gasteiger partial charge >= 0.3 is 17.8 Å². The number of aryl methyl sites for hydroxylation is 3. The predicted molar refractivity (Wildman–Crippen MR) is 225 cm³/mol. The van der Waals surface area contributed by atoms with Gasteiger partial charge in [0.05, 0.1) is 41.5 Å². The van der Waals surface area contributed by atoms with E-state index in [1.165, 1.54) is 46.3 Å². The van der Waals surface area contributed by atoms with E-state index in [1.807, 2.05) is 6.07 Å². The van der Waals surface area contributed by atoms with Crippen LogP contribution in [0.25, 0.3) is 27.5 Å². The van der Waals surface area contributed by atoms with Crippen molar-refractivity contribution in [3.05, 3.63) is 134 Å². The number of esters is 1. The van der Waals surface area contributed by atoms with Gasteiger partial charge in [-0.2, -0.15) is 13.2 Å². The van der Waals surface area contributed by atoms with Crippen LogP contribution in [0.2, 0.25) is 0 Å². The molecule has 0 spiro atoms. The molecule has 0 unspecified atom stereocenters. The third-order valence-corrected chi connectivity index (χ3v) is 11.2. The third-order valence-electron chi connectivity index (χ3n) is 11.2. The molecular formula is C45H46F3N7O6. The first-order valence-electron chi connectivity index (χ1n) is 20.0. The van der Waals surface area contributed by atoms with E-state index in [1.54, 1.807) is 63.4 Å². The largest absolute Gasteiger partial charge is 0.425 e. The number of pyridine rings is 2. The molecule has 3 aromatic heterocycles. The van der Waals surface area contributed by atoms with E-state index in [2.05, 4.69) is 34.0 Å². The molecule has 6 aromatic rings. The molecule has 13 nitrogen and oxygen atoms in total. The molecule has 3 aromatic carbocycles. The first-order valence-corrected chi connectivity index (χ1v) is 20.0. The van der Waals surface area contributed by atoms with Gasteiger partial charge in [-0.05, 0) is 91.7 Å². The van der Waals surface area contributed by atoms with Gasteiger partial charge in [-0.3, -0.25) is 29.0 Å². The topological polar surface area (TPSA) is 141 Å². The smallest absolute Gasteiger partial charge is 0.411 e. The minimum absolute atomic E-state index is 0.0157. The summed E-state index contributed by atoms with van der Waals surface area (Å²) in [6.45, 7) is 9.30. The number of rotatable bonds is 12. The predicted octanol–water partition coefficient (Wildman–Crippen LogP) is 5.81. The van der Waals surface area contributed by atoms with Crippen molar-refractivity contribution in [2.75, 3.05) is 37.7 Å². The second-order valence-electron chi connectivity index (χ2n) is 15.1. The summed E-state index contributed by atoms with van der Waals surface area (Å²) in [7, 11) is 1.54. The Bertz CT molecular complexity index is 2720. The fourth-order valence-electron chi connectivity index (χ4n) is 7.97. The van der Waals surface area contributed by atoms with Gasteiger partial charge in [-0.15, -0.1) is 0 Å². The highest BCUT2D eigenvalue weighted by molar-refractivity contribution is 6.00. The molecule has 1 saturated heterocycles. The fraction of sp³-hybridized carbons (Fsp3) is 0.333. The molecule has 1 aliphatic rings. The standard InChI is InChI=1S/C45H46F3N7O6/c1-6-53(7-2)25-29-10-8-11-32(22-29)61-43(58)35(51-41(56)39-27(3)20-31(21-28(39)4)54-18-19-60-26-38(54)45(46,47)48)23-30-13-14-36(40-33(30)12-9-16-50-40)55-42(57)34-15-17-49-24-37(34)52(5)44(55)59/h8-17,20-22,24,35,38H,6-7,18-19,23,25-26H2,1-5H3,(H,51,56)/t35-,38+/m0/s1. The van der Waals surface area contributed by atoms with Crippen molar-refractivity contribution in [3.63, 3.8) is 0 Å². The maximum atomic E-state index is 14.3. The van der Waals surface area contributed by atoms with Gasteiger partial charge in [0, 0.05) is 55.6 Å². The number of amides is 1. The number of ether oxygens (including phenoxy) is 2. The van der Waals surface area contributed by atoms with Crippen LogP contribution in [0.1, 0.15) is 46.5 Å². The van der Waals surface area contributed by atoms with Crippen LogP contribution >= 0.6 is 0 Å². The summed E-state index contributed by atoms with van der Waals surface area (Å²) >= 11 is 0. The van der Waals surface area contributed by atoms with E-state index in [0.29, 0.717) is 45.3 Å². The minimum Gasteiger partial charge on any atom is -0.425 e. The first-order chi connectivity index (χ1) is 29.2. The molecule has 7 rings (SSSR count). The summed E-state index contributed by atoms with van der Waals surface area (Å²) in [6, 6.07) is 15.3. The number of hydrogen-bond acceptors (Lipinski definition) is 10. The van der Waals surface area contributed by atoms with Crippen LogP contribution < -0.4 is 26.2 Å². The first kappa shape index (κ1) is 42.7. The molecule has 4 heterocycles. The zero-order valence-electron chi connectivity index (χ0n) is 34.5. The second kappa shape index (κ2) is 17.7. The van der Waals surface area contributed by atoms with Crippen LogP contribution in [0.15, 0.2) is 94.9 Å². The van der Waals surface area contributed by atoms with Crippen LogP contribution in [-0.2, 0) is 29.5 Å². The molecule has 61 heavy (non-hydrogen) atoms. The van der Waals surface area contributed by atoms with Gasteiger partial charge in [0.15, 0.2) is 0 Å². The zero-order valence-corrected chi connectivity index (χ0v) is 34.5. The molecular weight excluding hydrogens is 792 g/mol. The molecule has 16 heteroatoms. The van der Waals surface area contributed by atoms with E-state index < -0.39 is 48.0 Å². The van der Waals surface area contributed by atoms with Crippen LogP contribution in [0.4, 0.5) is 18.9 Å². The van der Waals surface area contributed by atoms with E-state index in [4.69, 9.17) is 9.47 Å². The monoisotopic (exact) mass is 837 g/mol. The molecule has 1 amide bonds. The van der Waals surface area contributed by atoms with Crippen LogP contribution in [0, 0.1) is 13.8 Å². The number of nitrogens with one attached hydrogen (secondary N) is 1. The molecule has 1 fully saturated rings. The Balaban J connectivity index is 1.26. The average molecular weight is 838 g/mol. The summed E-state index contributed by atoms with van der Waals surface area (Å²) in [5, 5.41) is 3.66. The Hall–Kier alpha value is -6.39. The quantitative estimate of drug-likeness (QED) is 0.119. The minimum atomic E-state index is -4.53. The van der Waals surface area contributed by atoms with Crippen molar-refractivity contribution in [2.45, 2.75) is 58.9 Å². The fourth-order valence-corrected chi connectivity index (χ4v) is 7.97. The lowest BCUT2D eigenvalue weighted by atomic mass is 9.97. The Morgan fingerprint density at radius 3 is 2.46 bits per heavy atom. The van der Waals surface area contributed by atoms with Crippen LogP contribution in [0.5, 0.6) is 5.75 Å². The van der Waals surface area contributed by atoms with Crippen molar-refractivity contribution in [2.24, 2.45) is 7.05 Å². The Morgan fingerprint density at radius 1 is 0.984 bits per heavy atom. The molecule has 0 bridgehead atoms. The van der Waals surface area contributed by atoms with Gasteiger partial charge in [0.2, 0.25) is 0 Å². The molecule has 0 radical (unpaired) electrons. The highest BCUT2D eigenvalue weighted by Gasteiger charge is 2.45. The van der Waals surface area contributed by atoms with Crippen molar-refractivity contribution >= 4 is 39.4 Å². The number of carbonyl (C=O) groups excluding carboxylic acids is 2. The number of benzene rings is 3. The van der Waals surface area contributed by atoms with Crippen molar-refractivity contribution in [1.29, 1.82) is 0 Å². The lowest BCUT2D eigenvalue weighted by Gasteiger charge is -2.38. The number of aromatic nitrogens is 4. The third kappa shape index (κ3) is 8.77. The summed E-state index contributed by atoms with van der Waals surface area (Å²) in [5.41, 5.74) is 2.51. The Labute approximate surface area is 349 Å². The van der Waals surface area contributed by atoms with Crippen LogP contribution in [0.3, 0.4) is 0 Å². The lowest BCUT2D eigenvalue weighted by Crippen LogP contribution is -2.53. The normalized spacial score (nSPS) is 15.0. The van der Waals surface area contributed by atoms with E-state index in [9.17, 15) is 32.3 Å². The summed E-state index contributed by atoms with van der Waals surface area (Å²) in [4.78, 5) is 68.1. The average Bonchev–Trinajstić information content (AvgIpc) is 3.24. The maximum Gasteiger partial charge on any atom is 0.411 e. The lowest BCUT2D eigenvalue weighted by molar-refractivity contribution is -0.167. The van der Waals surface area contributed by atoms with Crippen LogP contribution in [-0.4, -0.2) is 87.0 Å². The van der Waals surface area contributed by atoms with Gasteiger partial charge in [-0.25, -0.2) is 14.2 Å². The van der Waals surface area contributed by atoms with Gasteiger partial charge < -0.3 is 19.7 Å². The van der Waals surface area contributed by atoms with Gasteiger partial charge in [0.25, 0.3) is 11.5 Å². The molecule has 318 valence electrons. The second-order valence-corrected chi connectivity index (χ2v) is 15.1. The molecule has 1 aliphatic heterocycles. The summed E-state index contributed by atoms with van der Waals surface area (Å²) in [6.07, 6.45) is -0.191. The number of hydrogen-bond donors (Lipinski definition) is 1. The Morgan fingerprint density at radius 2 is 1.74 bits per heavy atom. The number of halogens is 3. The Kier molecular flexibility index (Phi) is 12.4. The van der Waals surface area contributed by atoms with E-state index in [-0.39, 0.29) is 42.0 Å². The summed E-state index contributed by atoms with van der Waals surface area (Å²) < 4.78 is 55.5. The van der Waals surface area contributed by atoms with Crippen molar-refractivity contribution in [3.8, 4) is 11.4 Å². The van der Waals surface area contributed by atoms with E-state index in [0.717, 1.165) is 23.2 Å². The maximum absolute atomic E-state index is 14.3. The number of fused-ring (bicyclic) bond motifs is 2.